The Morgan fingerprint density at radius 3 is 2.39 bits per heavy atom. The Kier molecular flexibility index (Phi) is 6.82. The van der Waals surface area contributed by atoms with Crippen LogP contribution in [-0.2, 0) is 31.5 Å². The number of carbonyl (C=O) groups is 1. The lowest BCUT2D eigenvalue weighted by atomic mass is 9.87. The first-order valence-electron chi connectivity index (χ1n) is 11.9. The molecule has 1 aliphatic carbocycles. The Morgan fingerprint density at radius 2 is 1.79 bits per heavy atom. The smallest absolute Gasteiger partial charge is 0.326 e. The number of carbonyl (C=O) groups excluding carboxylic acids is 1. The van der Waals surface area contributed by atoms with E-state index in [-0.39, 0.29) is 11.2 Å². The van der Waals surface area contributed by atoms with Gasteiger partial charge in [-0.1, -0.05) is 53.9 Å². The summed E-state index contributed by atoms with van der Waals surface area (Å²) in [6, 6.07) is 18.2. The average Bonchev–Trinajstić information content (AvgIpc) is 3.20. The fourth-order valence-electron chi connectivity index (χ4n) is 5.72. The van der Waals surface area contributed by atoms with Crippen molar-refractivity contribution in [3.8, 4) is 0 Å². The van der Waals surface area contributed by atoms with Crippen LogP contribution >= 0.6 is 0 Å². The topological polar surface area (TPSA) is 66.9 Å². The van der Waals surface area contributed by atoms with Crippen molar-refractivity contribution in [1.82, 2.24) is 4.90 Å². The molecule has 0 N–H and O–H groups in total. The van der Waals surface area contributed by atoms with Gasteiger partial charge in [0.05, 0.1) is 11.4 Å². The Hall–Kier alpha value is -2.38. The molecule has 0 aromatic heterocycles. The van der Waals surface area contributed by atoms with Crippen LogP contribution in [-0.4, -0.2) is 44.7 Å². The lowest BCUT2D eigenvalue weighted by Crippen LogP contribution is -2.34. The first kappa shape index (κ1) is 23.8. The van der Waals surface area contributed by atoms with E-state index in [0.29, 0.717) is 17.5 Å². The van der Waals surface area contributed by atoms with E-state index < -0.39 is 16.0 Å². The molecule has 2 unspecified atom stereocenters. The van der Waals surface area contributed by atoms with Crippen molar-refractivity contribution in [2.24, 2.45) is 11.8 Å². The maximum Gasteiger partial charge on any atom is 0.330 e. The quantitative estimate of drug-likeness (QED) is 0.488. The molecule has 2 aromatic rings. The number of anilines is 1. The van der Waals surface area contributed by atoms with E-state index in [1.807, 2.05) is 12.1 Å². The normalized spacial score (nSPS) is 24.3. The van der Waals surface area contributed by atoms with Crippen LogP contribution in [0.5, 0.6) is 0 Å². The van der Waals surface area contributed by atoms with E-state index in [4.69, 9.17) is 4.84 Å². The fraction of sp³-hybridized carbons (Fsp3) is 0.500. The van der Waals surface area contributed by atoms with Gasteiger partial charge in [-0.25, -0.2) is 13.2 Å². The first-order chi connectivity index (χ1) is 15.8. The standard InChI is InChI=1S/C26H34N2O4S/c1-4-26(22-14-9-15-23(17-22)28(32-20(3)29)33(30,31)5-2)24-18-27(19-25(24)26)16-10-13-21-11-7-6-8-12-21/h6-9,11-12,14-15,17,24-25H,4-5,10,13,16,18-19H2,1-3H3. The Labute approximate surface area is 197 Å². The summed E-state index contributed by atoms with van der Waals surface area (Å²) in [5.41, 5.74) is 3.00. The van der Waals surface area contributed by atoms with Gasteiger partial charge in [-0.05, 0) is 67.8 Å². The van der Waals surface area contributed by atoms with Gasteiger partial charge in [0.15, 0.2) is 0 Å². The van der Waals surface area contributed by atoms with Crippen LogP contribution in [0.4, 0.5) is 5.69 Å². The number of hydrogen-bond acceptors (Lipinski definition) is 5. The van der Waals surface area contributed by atoms with Crippen molar-refractivity contribution in [3.63, 3.8) is 0 Å². The van der Waals surface area contributed by atoms with E-state index >= 15 is 0 Å². The predicted molar refractivity (Wildman–Crippen MR) is 130 cm³/mol. The molecule has 33 heavy (non-hydrogen) atoms. The second kappa shape index (κ2) is 9.47. The summed E-state index contributed by atoms with van der Waals surface area (Å²) in [7, 11) is -3.74. The highest BCUT2D eigenvalue weighted by molar-refractivity contribution is 7.92. The van der Waals surface area contributed by atoms with Gasteiger partial charge in [-0.3, -0.25) is 0 Å². The number of benzene rings is 2. The monoisotopic (exact) mass is 470 g/mol. The maximum atomic E-state index is 12.6. The Morgan fingerprint density at radius 1 is 1.09 bits per heavy atom. The zero-order chi connectivity index (χ0) is 23.6. The van der Waals surface area contributed by atoms with E-state index in [1.54, 1.807) is 13.0 Å². The summed E-state index contributed by atoms with van der Waals surface area (Å²) in [4.78, 5) is 19.3. The summed E-state index contributed by atoms with van der Waals surface area (Å²) in [6.45, 7) is 8.25. The molecular weight excluding hydrogens is 436 g/mol. The molecule has 1 heterocycles. The minimum Gasteiger partial charge on any atom is -0.326 e. The number of hydrogen-bond donors (Lipinski definition) is 0. The van der Waals surface area contributed by atoms with E-state index in [2.05, 4.69) is 48.2 Å². The Balaban J connectivity index is 1.45. The molecule has 2 atom stereocenters. The Bertz CT molecular complexity index is 1070. The molecule has 0 spiro atoms. The average molecular weight is 471 g/mol. The van der Waals surface area contributed by atoms with Gasteiger partial charge < -0.3 is 9.74 Å². The molecule has 4 rings (SSSR count). The third-order valence-corrected chi connectivity index (χ3v) is 8.92. The van der Waals surface area contributed by atoms with Crippen molar-refractivity contribution in [2.75, 3.05) is 29.9 Å². The third kappa shape index (κ3) is 4.66. The van der Waals surface area contributed by atoms with Crippen LogP contribution in [0.15, 0.2) is 54.6 Å². The van der Waals surface area contributed by atoms with Gasteiger partial charge in [-0.15, -0.1) is 0 Å². The van der Waals surface area contributed by atoms with E-state index in [9.17, 15) is 13.2 Å². The molecule has 1 saturated carbocycles. The number of likely N-dealkylation sites (tertiary alicyclic amines) is 1. The lowest BCUT2D eigenvalue weighted by Gasteiger charge is -2.28. The number of sulfonamides is 1. The number of aryl methyl sites for hydroxylation is 1. The van der Waals surface area contributed by atoms with Crippen LogP contribution in [0, 0.1) is 11.8 Å². The number of nitrogens with zero attached hydrogens (tertiary/aromatic N) is 2. The highest BCUT2D eigenvalue weighted by Gasteiger charge is 2.67. The summed E-state index contributed by atoms with van der Waals surface area (Å²) in [5.74, 6) is 0.364. The third-order valence-electron chi connectivity index (χ3n) is 7.40. The van der Waals surface area contributed by atoms with E-state index in [1.165, 1.54) is 12.5 Å². The van der Waals surface area contributed by atoms with Gasteiger partial charge in [0, 0.05) is 25.4 Å². The molecule has 7 heteroatoms. The van der Waals surface area contributed by atoms with Crippen molar-refractivity contribution < 1.29 is 18.0 Å². The molecule has 1 aliphatic heterocycles. The summed E-state index contributed by atoms with van der Waals surface area (Å²) < 4.78 is 25.9. The molecule has 1 saturated heterocycles. The van der Waals surface area contributed by atoms with Gasteiger partial charge >= 0.3 is 5.97 Å². The molecule has 178 valence electrons. The van der Waals surface area contributed by atoms with Crippen molar-refractivity contribution >= 4 is 21.7 Å². The van der Waals surface area contributed by atoms with Crippen molar-refractivity contribution in [3.05, 3.63) is 65.7 Å². The van der Waals surface area contributed by atoms with Crippen LogP contribution in [0.25, 0.3) is 0 Å². The first-order valence-corrected chi connectivity index (χ1v) is 13.5. The SMILES string of the molecule is CCC1(c2cccc(N(OC(C)=O)S(=O)(=O)CC)c2)C2CN(CCCc3ccccc3)CC21. The predicted octanol–water partition coefficient (Wildman–Crippen LogP) is 4.16. The van der Waals surface area contributed by atoms with Crippen LogP contribution in [0.1, 0.15) is 44.7 Å². The van der Waals surface area contributed by atoms with Crippen LogP contribution in [0.2, 0.25) is 0 Å². The van der Waals surface area contributed by atoms with Gasteiger partial charge in [0.25, 0.3) is 10.0 Å². The molecule has 6 nitrogen and oxygen atoms in total. The molecular formula is C26H34N2O4S. The zero-order valence-electron chi connectivity index (χ0n) is 19.7. The molecule has 0 amide bonds. The summed E-state index contributed by atoms with van der Waals surface area (Å²) in [6.07, 6.45) is 3.27. The highest BCUT2D eigenvalue weighted by atomic mass is 32.2. The second-order valence-electron chi connectivity index (χ2n) is 9.22. The minimum absolute atomic E-state index is 0.0732. The van der Waals surface area contributed by atoms with Gasteiger partial charge in [0.1, 0.15) is 0 Å². The second-order valence-corrected chi connectivity index (χ2v) is 11.3. The molecule has 0 bridgehead atoms. The van der Waals surface area contributed by atoms with Gasteiger partial charge in [-0.2, -0.15) is 0 Å². The van der Waals surface area contributed by atoms with Crippen molar-refractivity contribution in [2.45, 2.75) is 45.4 Å². The molecule has 2 fully saturated rings. The van der Waals surface area contributed by atoms with Crippen molar-refractivity contribution in [1.29, 1.82) is 0 Å². The fourth-order valence-corrected chi connectivity index (χ4v) is 6.61. The molecule has 2 aliphatic rings. The largest absolute Gasteiger partial charge is 0.330 e. The van der Waals surface area contributed by atoms with E-state index in [0.717, 1.165) is 48.9 Å². The maximum absolute atomic E-state index is 12.6. The summed E-state index contributed by atoms with van der Waals surface area (Å²) >= 11 is 0. The molecule has 0 radical (unpaired) electrons. The number of fused-ring (bicyclic) bond motifs is 1. The number of rotatable bonds is 10. The summed E-state index contributed by atoms with van der Waals surface area (Å²) in [5, 5.41) is 0. The zero-order valence-corrected chi connectivity index (χ0v) is 20.6. The lowest BCUT2D eigenvalue weighted by molar-refractivity contribution is -0.140. The minimum atomic E-state index is -3.74. The highest BCUT2D eigenvalue weighted by Crippen LogP contribution is 2.65. The van der Waals surface area contributed by atoms with Crippen LogP contribution in [0.3, 0.4) is 0 Å². The number of piperidine rings is 1. The van der Waals surface area contributed by atoms with Gasteiger partial charge in [0.2, 0.25) is 0 Å². The van der Waals surface area contributed by atoms with Crippen LogP contribution < -0.4 is 4.47 Å². The molecule has 2 aromatic carbocycles.